The molecule has 3 nitrogen and oxygen atoms in total. The summed E-state index contributed by atoms with van der Waals surface area (Å²) < 4.78 is 27.6. The second-order valence-corrected chi connectivity index (χ2v) is 6.84. The van der Waals surface area contributed by atoms with E-state index in [1.54, 1.807) is 12.3 Å². The number of aromatic nitrogens is 1. The van der Waals surface area contributed by atoms with Gasteiger partial charge in [0, 0.05) is 26.7 Å². The fourth-order valence-corrected chi connectivity index (χ4v) is 3.91. The first-order chi connectivity index (χ1) is 6.48. The third-order valence-corrected chi connectivity index (χ3v) is 4.43. The fraction of sp³-hybridized carbons (Fsp3) is 0. The van der Waals surface area contributed by atoms with E-state index in [4.69, 9.17) is 10.7 Å². The van der Waals surface area contributed by atoms with Crippen LogP contribution in [0.15, 0.2) is 27.7 Å². The second kappa shape index (κ2) is 3.44. The maximum atomic E-state index is 11.2. The molecular formula is C7H3BrClNO2S2. The number of hydrogen-bond acceptors (Lipinski definition) is 4. The predicted molar refractivity (Wildman–Crippen MR) is 60.4 cm³/mol. The molecule has 7 heteroatoms. The van der Waals surface area contributed by atoms with Gasteiger partial charge in [0.2, 0.25) is 0 Å². The smallest absolute Gasteiger partial charge is 0.207 e. The quantitative estimate of drug-likeness (QED) is 0.761. The molecule has 0 aliphatic heterocycles. The van der Waals surface area contributed by atoms with Crippen LogP contribution in [-0.4, -0.2) is 12.8 Å². The summed E-state index contributed by atoms with van der Waals surface area (Å²) in [4.78, 5) is 0.103. The largest absolute Gasteiger partial charge is 0.262 e. The van der Waals surface area contributed by atoms with Crippen LogP contribution in [0.25, 0.3) is 10.1 Å². The van der Waals surface area contributed by atoms with E-state index < -0.39 is 9.05 Å². The van der Waals surface area contributed by atoms with Gasteiger partial charge in [0.05, 0.1) is 4.70 Å². The first kappa shape index (κ1) is 10.4. The molecule has 2 aromatic rings. The van der Waals surface area contributed by atoms with Gasteiger partial charge in [0.15, 0.2) is 0 Å². The number of fused-ring (bicyclic) bond motifs is 1. The van der Waals surface area contributed by atoms with Gasteiger partial charge in [-0.2, -0.15) is 4.37 Å². The maximum absolute atomic E-state index is 11.2. The van der Waals surface area contributed by atoms with Crippen molar-refractivity contribution in [3.63, 3.8) is 0 Å². The molecular weight excluding hydrogens is 310 g/mol. The van der Waals surface area contributed by atoms with Gasteiger partial charge in [0.25, 0.3) is 9.05 Å². The van der Waals surface area contributed by atoms with Crippen molar-refractivity contribution in [2.45, 2.75) is 4.90 Å². The van der Waals surface area contributed by atoms with Gasteiger partial charge in [-0.3, -0.25) is 0 Å². The number of rotatable bonds is 1. The molecule has 2 rings (SSSR count). The van der Waals surface area contributed by atoms with Crippen molar-refractivity contribution in [2.24, 2.45) is 0 Å². The predicted octanol–water partition coefficient (Wildman–Crippen LogP) is 2.99. The molecule has 0 fully saturated rings. The maximum Gasteiger partial charge on any atom is 0.262 e. The lowest BCUT2D eigenvalue weighted by atomic mass is 10.3. The number of benzene rings is 1. The SMILES string of the molecule is O=S(=O)(Cl)c1cc(Br)cc2cnsc12. The van der Waals surface area contributed by atoms with Gasteiger partial charge < -0.3 is 0 Å². The van der Waals surface area contributed by atoms with Crippen LogP contribution >= 0.6 is 38.1 Å². The Kier molecular flexibility index (Phi) is 2.55. The minimum Gasteiger partial charge on any atom is -0.207 e. The zero-order valence-corrected chi connectivity index (χ0v) is 10.5. The molecule has 14 heavy (non-hydrogen) atoms. The second-order valence-electron chi connectivity index (χ2n) is 2.59. The summed E-state index contributed by atoms with van der Waals surface area (Å²) in [7, 11) is 1.59. The van der Waals surface area contributed by atoms with E-state index in [0.717, 1.165) is 16.9 Å². The molecule has 0 spiro atoms. The van der Waals surface area contributed by atoms with E-state index >= 15 is 0 Å². The zero-order chi connectivity index (χ0) is 10.3. The Morgan fingerprint density at radius 3 is 2.79 bits per heavy atom. The number of hydrogen-bond donors (Lipinski definition) is 0. The Bertz CT molecular complexity index is 593. The van der Waals surface area contributed by atoms with Crippen molar-refractivity contribution >= 4 is 57.3 Å². The highest BCUT2D eigenvalue weighted by atomic mass is 79.9. The van der Waals surface area contributed by atoms with E-state index in [9.17, 15) is 8.42 Å². The first-order valence-electron chi connectivity index (χ1n) is 3.47. The Hall–Kier alpha value is -0.170. The average Bonchev–Trinajstić information content (AvgIpc) is 2.47. The van der Waals surface area contributed by atoms with Crippen LogP contribution in [-0.2, 0) is 9.05 Å². The zero-order valence-electron chi connectivity index (χ0n) is 6.57. The summed E-state index contributed by atoms with van der Waals surface area (Å²) in [5.41, 5.74) is 0. The summed E-state index contributed by atoms with van der Waals surface area (Å²) >= 11 is 4.33. The molecule has 0 atom stereocenters. The van der Waals surface area contributed by atoms with Crippen molar-refractivity contribution in [1.82, 2.24) is 4.37 Å². The Labute approximate surface area is 97.4 Å². The summed E-state index contributed by atoms with van der Waals surface area (Å²) in [6.07, 6.45) is 1.61. The van der Waals surface area contributed by atoms with Crippen LogP contribution < -0.4 is 0 Å². The average molecular weight is 313 g/mol. The van der Waals surface area contributed by atoms with Crippen LogP contribution in [0.1, 0.15) is 0 Å². The molecule has 0 amide bonds. The molecule has 0 radical (unpaired) electrons. The van der Waals surface area contributed by atoms with Gasteiger partial charge in [-0.05, 0) is 23.7 Å². The normalized spacial score (nSPS) is 12.1. The highest BCUT2D eigenvalue weighted by Crippen LogP contribution is 2.31. The molecule has 1 heterocycles. The molecule has 0 aliphatic carbocycles. The molecule has 0 saturated carbocycles. The minimum atomic E-state index is -3.71. The summed E-state index contributed by atoms with van der Waals surface area (Å²) in [6, 6.07) is 3.27. The summed E-state index contributed by atoms with van der Waals surface area (Å²) in [5, 5.41) is 0.767. The van der Waals surface area contributed by atoms with Crippen LogP contribution in [0.5, 0.6) is 0 Å². The van der Waals surface area contributed by atoms with Crippen molar-refractivity contribution in [3.05, 3.63) is 22.8 Å². The Morgan fingerprint density at radius 2 is 2.14 bits per heavy atom. The fourth-order valence-electron chi connectivity index (χ4n) is 1.10. The number of nitrogens with zero attached hydrogens (tertiary/aromatic N) is 1. The van der Waals surface area contributed by atoms with Gasteiger partial charge in [-0.25, -0.2) is 8.42 Å². The van der Waals surface area contributed by atoms with Gasteiger partial charge in [-0.1, -0.05) is 15.9 Å². The van der Waals surface area contributed by atoms with E-state index in [1.165, 1.54) is 6.07 Å². The van der Waals surface area contributed by atoms with Gasteiger partial charge in [-0.15, -0.1) is 0 Å². The lowest BCUT2D eigenvalue weighted by Gasteiger charge is -1.98. The van der Waals surface area contributed by atoms with Crippen molar-refractivity contribution in [3.8, 4) is 0 Å². The highest BCUT2D eigenvalue weighted by Gasteiger charge is 2.16. The lowest BCUT2D eigenvalue weighted by molar-refractivity contribution is 0.610. The molecule has 1 aromatic heterocycles. The third-order valence-electron chi connectivity index (χ3n) is 1.65. The minimum absolute atomic E-state index is 0.103. The summed E-state index contributed by atoms with van der Waals surface area (Å²) in [6.45, 7) is 0. The van der Waals surface area contributed by atoms with Crippen LogP contribution in [0.3, 0.4) is 0 Å². The highest BCUT2D eigenvalue weighted by molar-refractivity contribution is 9.10. The van der Waals surface area contributed by atoms with E-state index in [-0.39, 0.29) is 4.90 Å². The Morgan fingerprint density at radius 1 is 1.43 bits per heavy atom. The van der Waals surface area contributed by atoms with Gasteiger partial charge >= 0.3 is 0 Å². The van der Waals surface area contributed by atoms with Crippen LogP contribution in [0, 0.1) is 0 Å². The van der Waals surface area contributed by atoms with Gasteiger partial charge in [0.1, 0.15) is 4.90 Å². The first-order valence-corrected chi connectivity index (χ1v) is 7.34. The monoisotopic (exact) mass is 311 g/mol. The molecule has 0 saturated heterocycles. The number of halogens is 2. The molecule has 1 aromatic carbocycles. The van der Waals surface area contributed by atoms with E-state index in [1.807, 2.05) is 0 Å². The standard InChI is InChI=1S/C7H3BrClNO2S2/c8-5-1-4-3-10-13-7(4)6(2-5)14(9,11)12/h1-3H. The lowest BCUT2D eigenvalue weighted by Crippen LogP contribution is -1.90. The van der Waals surface area contributed by atoms with Crippen molar-refractivity contribution in [2.75, 3.05) is 0 Å². The van der Waals surface area contributed by atoms with Crippen LogP contribution in [0.4, 0.5) is 0 Å². The third kappa shape index (κ3) is 1.79. The molecule has 74 valence electrons. The van der Waals surface area contributed by atoms with E-state index in [2.05, 4.69) is 20.3 Å². The van der Waals surface area contributed by atoms with Crippen molar-refractivity contribution in [1.29, 1.82) is 0 Å². The molecule has 0 unspecified atom stereocenters. The molecule has 0 aliphatic rings. The van der Waals surface area contributed by atoms with Crippen molar-refractivity contribution < 1.29 is 8.42 Å². The topological polar surface area (TPSA) is 47.0 Å². The van der Waals surface area contributed by atoms with Crippen LogP contribution in [0.2, 0.25) is 0 Å². The molecule has 0 N–H and O–H groups in total. The summed E-state index contributed by atoms with van der Waals surface area (Å²) in [5.74, 6) is 0. The van der Waals surface area contributed by atoms with E-state index in [0.29, 0.717) is 9.17 Å². The Balaban J connectivity index is 2.94. The molecule has 0 bridgehead atoms.